The highest BCUT2D eigenvalue weighted by Crippen LogP contribution is 2.14. The summed E-state index contributed by atoms with van der Waals surface area (Å²) in [6, 6.07) is 5.86. The van der Waals surface area contributed by atoms with Crippen LogP contribution in [0.15, 0.2) is 36.7 Å². The Bertz CT molecular complexity index is 756. The number of piperazine rings is 1. The Kier molecular flexibility index (Phi) is 4.87. The number of nitrogens with one attached hydrogen (secondary N) is 1. The minimum absolute atomic E-state index is 0.0168. The predicted octanol–water partition coefficient (Wildman–Crippen LogP) is 1.66. The molecule has 2 heterocycles. The SMILES string of the molecule is CC(=O)N1CCN(C(=O)c2cnc(Nc3ccc(F)cc3)cn2)CC1. The highest BCUT2D eigenvalue weighted by atomic mass is 19.1. The Labute approximate surface area is 144 Å². The molecule has 25 heavy (non-hydrogen) atoms. The van der Waals surface area contributed by atoms with Crippen LogP contribution in [0, 0.1) is 5.82 Å². The third kappa shape index (κ3) is 4.09. The molecule has 1 N–H and O–H groups in total. The van der Waals surface area contributed by atoms with Crippen molar-refractivity contribution in [2.45, 2.75) is 6.92 Å². The van der Waals surface area contributed by atoms with E-state index >= 15 is 0 Å². The van der Waals surface area contributed by atoms with Crippen molar-refractivity contribution in [1.82, 2.24) is 19.8 Å². The molecule has 0 spiro atoms. The van der Waals surface area contributed by atoms with Crippen LogP contribution in [-0.4, -0.2) is 57.8 Å². The average molecular weight is 343 g/mol. The van der Waals surface area contributed by atoms with Gasteiger partial charge in [0.1, 0.15) is 17.3 Å². The molecule has 0 unspecified atom stereocenters. The van der Waals surface area contributed by atoms with Gasteiger partial charge in [-0.25, -0.2) is 14.4 Å². The van der Waals surface area contributed by atoms with Crippen LogP contribution in [-0.2, 0) is 4.79 Å². The van der Waals surface area contributed by atoms with Crippen molar-refractivity contribution in [3.63, 3.8) is 0 Å². The van der Waals surface area contributed by atoms with Gasteiger partial charge in [0.15, 0.2) is 0 Å². The lowest BCUT2D eigenvalue weighted by molar-refractivity contribution is -0.130. The Hall–Kier alpha value is -3.03. The second kappa shape index (κ2) is 7.25. The summed E-state index contributed by atoms with van der Waals surface area (Å²) in [7, 11) is 0. The minimum Gasteiger partial charge on any atom is -0.339 e. The van der Waals surface area contributed by atoms with E-state index in [0.29, 0.717) is 37.7 Å². The molecule has 1 saturated heterocycles. The number of anilines is 2. The molecule has 0 bridgehead atoms. The third-order valence-corrected chi connectivity index (χ3v) is 4.00. The monoisotopic (exact) mass is 343 g/mol. The molecule has 8 heteroatoms. The maximum Gasteiger partial charge on any atom is 0.274 e. The largest absolute Gasteiger partial charge is 0.339 e. The summed E-state index contributed by atoms with van der Waals surface area (Å²) in [5, 5.41) is 2.99. The summed E-state index contributed by atoms with van der Waals surface area (Å²) in [5.41, 5.74) is 0.927. The molecule has 0 atom stereocenters. The van der Waals surface area contributed by atoms with Crippen LogP contribution in [0.4, 0.5) is 15.9 Å². The molecule has 7 nitrogen and oxygen atoms in total. The van der Waals surface area contributed by atoms with Gasteiger partial charge in [0.2, 0.25) is 5.91 Å². The number of hydrogen-bond acceptors (Lipinski definition) is 5. The minimum atomic E-state index is -0.317. The molecule has 3 rings (SSSR count). The Balaban J connectivity index is 1.61. The first-order valence-electron chi connectivity index (χ1n) is 7.92. The second-order valence-electron chi connectivity index (χ2n) is 5.72. The summed E-state index contributed by atoms with van der Waals surface area (Å²) < 4.78 is 12.9. The van der Waals surface area contributed by atoms with Gasteiger partial charge >= 0.3 is 0 Å². The van der Waals surface area contributed by atoms with E-state index in [1.165, 1.54) is 31.5 Å². The van der Waals surface area contributed by atoms with Gasteiger partial charge in [-0.1, -0.05) is 0 Å². The van der Waals surface area contributed by atoms with Crippen molar-refractivity contribution < 1.29 is 14.0 Å². The highest BCUT2D eigenvalue weighted by molar-refractivity contribution is 5.92. The normalized spacial score (nSPS) is 14.3. The van der Waals surface area contributed by atoms with Crippen LogP contribution >= 0.6 is 0 Å². The first-order chi connectivity index (χ1) is 12.0. The van der Waals surface area contributed by atoms with Crippen molar-refractivity contribution >= 4 is 23.3 Å². The topological polar surface area (TPSA) is 78.4 Å². The fourth-order valence-corrected chi connectivity index (χ4v) is 2.57. The van der Waals surface area contributed by atoms with Crippen molar-refractivity contribution in [1.29, 1.82) is 0 Å². The fraction of sp³-hybridized carbons (Fsp3) is 0.294. The van der Waals surface area contributed by atoms with Crippen molar-refractivity contribution in [3.8, 4) is 0 Å². The molecule has 1 fully saturated rings. The van der Waals surface area contributed by atoms with Crippen LogP contribution in [0.5, 0.6) is 0 Å². The molecule has 1 aliphatic heterocycles. The van der Waals surface area contributed by atoms with Crippen LogP contribution in [0.3, 0.4) is 0 Å². The Morgan fingerprint density at radius 1 is 1.00 bits per heavy atom. The molecule has 1 aromatic heterocycles. The van der Waals surface area contributed by atoms with E-state index < -0.39 is 0 Å². The fourth-order valence-electron chi connectivity index (χ4n) is 2.57. The van der Waals surface area contributed by atoms with Gasteiger partial charge in [0, 0.05) is 38.8 Å². The molecule has 1 aliphatic rings. The van der Waals surface area contributed by atoms with Gasteiger partial charge in [-0.3, -0.25) is 9.59 Å². The number of aromatic nitrogens is 2. The van der Waals surface area contributed by atoms with Crippen LogP contribution in [0.1, 0.15) is 17.4 Å². The molecule has 0 saturated carbocycles. The first-order valence-corrected chi connectivity index (χ1v) is 7.92. The first kappa shape index (κ1) is 16.8. The van der Waals surface area contributed by atoms with Gasteiger partial charge in [-0.15, -0.1) is 0 Å². The molecular weight excluding hydrogens is 325 g/mol. The quantitative estimate of drug-likeness (QED) is 0.917. The van der Waals surface area contributed by atoms with Crippen LogP contribution in [0.2, 0.25) is 0 Å². The van der Waals surface area contributed by atoms with E-state index in [2.05, 4.69) is 15.3 Å². The summed E-state index contributed by atoms with van der Waals surface area (Å²) in [4.78, 5) is 35.5. The van der Waals surface area contributed by atoms with Gasteiger partial charge in [0.05, 0.1) is 12.4 Å². The van der Waals surface area contributed by atoms with Crippen LogP contribution in [0.25, 0.3) is 0 Å². The summed E-state index contributed by atoms with van der Waals surface area (Å²) in [6.07, 6.45) is 2.87. The zero-order valence-corrected chi connectivity index (χ0v) is 13.8. The maximum atomic E-state index is 12.9. The van der Waals surface area contributed by atoms with Gasteiger partial charge in [0.25, 0.3) is 5.91 Å². The Morgan fingerprint density at radius 2 is 1.64 bits per heavy atom. The smallest absolute Gasteiger partial charge is 0.274 e. The number of halogens is 1. The lowest BCUT2D eigenvalue weighted by atomic mass is 10.2. The van der Waals surface area contributed by atoms with E-state index in [1.54, 1.807) is 21.9 Å². The second-order valence-corrected chi connectivity index (χ2v) is 5.72. The van der Waals surface area contributed by atoms with E-state index in [-0.39, 0.29) is 23.3 Å². The standard InChI is InChI=1S/C17H18FN5O2/c1-12(24)22-6-8-23(9-7-22)17(25)15-10-20-16(11-19-15)21-14-4-2-13(18)3-5-14/h2-5,10-11H,6-9H2,1H3,(H,20,21). The van der Waals surface area contributed by atoms with Gasteiger partial charge < -0.3 is 15.1 Å². The molecule has 0 radical (unpaired) electrons. The molecule has 2 amide bonds. The third-order valence-electron chi connectivity index (χ3n) is 4.00. The van der Waals surface area contributed by atoms with E-state index in [4.69, 9.17) is 0 Å². The van der Waals surface area contributed by atoms with E-state index in [9.17, 15) is 14.0 Å². The number of nitrogens with zero attached hydrogens (tertiary/aromatic N) is 4. The molecule has 1 aromatic carbocycles. The number of rotatable bonds is 3. The van der Waals surface area contributed by atoms with Crippen molar-refractivity contribution in [2.24, 2.45) is 0 Å². The van der Waals surface area contributed by atoms with Crippen LogP contribution < -0.4 is 5.32 Å². The average Bonchev–Trinajstić information content (AvgIpc) is 2.64. The molecular formula is C17H18FN5O2. The summed E-state index contributed by atoms with van der Waals surface area (Å²) in [6.45, 7) is 3.54. The van der Waals surface area contributed by atoms with Gasteiger partial charge in [-0.2, -0.15) is 0 Å². The summed E-state index contributed by atoms with van der Waals surface area (Å²) in [5.74, 6) is -0.0425. The number of carbonyl (C=O) groups excluding carboxylic acids is 2. The lowest BCUT2D eigenvalue weighted by Gasteiger charge is -2.33. The number of benzene rings is 1. The van der Waals surface area contributed by atoms with Crippen molar-refractivity contribution in [3.05, 3.63) is 48.2 Å². The number of carbonyl (C=O) groups is 2. The predicted molar refractivity (Wildman–Crippen MR) is 89.9 cm³/mol. The van der Waals surface area contributed by atoms with Gasteiger partial charge in [-0.05, 0) is 24.3 Å². The molecule has 2 aromatic rings. The lowest BCUT2D eigenvalue weighted by Crippen LogP contribution is -2.50. The Morgan fingerprint density at radius 3 is 2.20 bits per heavy atom. The zero-order valence-electron chi connectivity index (χ0n) is 13.8. The zero-order chi connectivity index (χ0) is 17.8. The highest BCUT2D eigenvalue weighted by Gasteiger charge is 2.24. The number of hydrogen-bond donors (Lipinski definition) is 1. The molecule has 130 valence electrons. The summed E-state index contributed by atoms with van der Waals surface area (Å²) >= 11 is 0. The van der Waals surface area contributed by atoms with Crippen molar-refractivity contribution in [2.75, 3.05) is 31.5 Å². The number of amides is 2. The van der Waals surface area contributed by atoms with E-state index in [0.717, 1.165) is 0 Å². The maximum absolute atomic E-state index is 12.9. The molecule has 0 aliphatic carbocycles. The van der Waals surface area contributed by atoms with E-state index in [1.807, 2.05) is 0 Å².